The summed E-state index contributed by atoms with van der Waals surface area (Å²) in [6, 6.07) is 4.43. The van der Waals surface area contributed by atoms with Crippen LogP contribution in [0.15, 0.2) is 24.5 Å². The lowest BCUT2D eigenvalue weighted by Gasteiger charge is -2.46. The van der Waals surface area contributed by atoms with Crippen molar-refractivity contribution in [3.05, 3.63) is 34.3 Å². The Morgan fingerprint density at radius 2 is 2.12 bits per heavy atom. The first kappa shape index (κ1) is 16.8. The number of nitrogens with zero attached hydrogens (tertiary/aromatic N) is 5. The van der Waals surface area contributed by atoms with E-state index in [1.807, 2.05) is 29.5 Å². The normalized spacial score (nSPS) is 25.4. The predicted octanol–water partition coefficient (Wildman–Crippen LogP) is 1.71. The summed E-state index contributed by atoms with van der Waals surface area (Å²) in [4.78, 5) is 22.1. The molecule has 7 heteroatoms. The van der Waals surface area contributed by atoms with Crippen molar-refractivity contribution < 1.29 is 4.79 Å². The van der Waals surface area contributed by atoms with Gasteiger partial charge in [0, 0.05) is 49.2 Å². The molecular weight excluding hydrogens is 334 g/mol. The van der Waals surface area contributed by atoms with Crippen LogP contribution in [0.25, 0.3) is 0 Å². The molecule has 2 aliphatic rings. The molecule has 6 nitrogen and oxygen atoms in total. The van der Waals surface area contributed by atoms with Gasteiger partial charge in [-0.2, -0.15) is 5.10 Å². The summed E-state index contributed by atoms with van der Waals surface area (Å²) in [6.45, 7) is 6.47. The molecule has 2 aromatic heterocycles. The zero-order chi connectivity index (χ0) is 17.6. The van der Waals surface area contributed by atoms with Crippen molar-refractivity contribution >= 4 is 22.9 Å². The van der Waals surface area contributed by atoms with Gasteiger partial charge < -0.3 is 4.90 Å². The van der Waals surface area contributed by atoms with Gasteiger partial charge in [0.2, 0.25) is 5.91 Å². The quantitative estimate of drug-likeness (QED) is 0.837. The molecule has 0 aliphatic carbocycles. The molecule has 2 aromatic rings. The van der Waals surface area contributed by atoms with Gasteiger partial charge in [-0.05, 0) is 32.5 Å². The standard InChI is InChI=1S/C18H25N5OS/c1-14-4-5-16(25-14)10-22-7-6-18(12-22)13-23(17(24)11-20(18)2)15-8-19-21(3)9-15/h4-5,8-9H,6-7,10-13H2,1-3H3/t18-/m1/s1. The third-order valence-electron chi connectivity index (χ3n) is 5.53. The SMILES string of the molecule is Cc1ccc(CN2CC[C@@]3(C2)CN(c2cnn(C)c2)C(=O)CN3C)s1. The van der Waals surface area contributed by atoms with Gasteiger partial charge in [-0.3, -0.25) is 19.3 Å². The summed E-state index contributed by atoms with van der Waals surface area (Å²) in [5.74, 6) is 0.161. The number of likely N-dealkylation sites (N-methyl/N-ethyl adjacent to an activating group) is 1. The second-order valence-electron chi connectivity index (χ2n) is 7.41. The van der Waals surface area contributed by atoms with Gasteiger partial charge in [0.05, 0.1) is 24.0 Å². The molecule has 1 amide bonds. The Kier molecular flexibility index (Phi) is 4.17. The molecule has 2 saturated heterocycles. The highest BCUT2D eigenvalue weighted by Crippen LogP contribution is 2.34. The number of rotatable bonds is 3. The summed E-state index contributed by atoms with van der Waals surface area (Å²) in [5, 5.41) is 4.23. The van der Waals surface area contributed by atoms with Crippen molar-refractivity contribution in [3.63, 3.8) is 0 Å². The average molecular weight is 359 g/mol. The van der Waals surface area contributed by atoms with Crippen molar-refractivity contribution in [2.24, 2.45) is 7.05 Å². The fourth-order valence-electron chi connectivity index (χ4n) is 4.05. The Hall–Kier alpha value is -1.70. The van der Waals surface area contributed by atoms with E-state index in [-0.39, 0.29) is 11.4 Å². The van der Waals surface area contributed by atoms with E-state index in [9.17, 15) is 4.79 Å². The Balaban J connectivity index is 1.51. The second-order valence-corrected chi connectivity index (χ2v) is 8.78. The maximum absolute atomic E-state index is 12.6. The molecule has 0 unspecified atom stereocenters. The topological polar surface area (TPSA) is 44.6 Å². The minimum Gasteiger partial charge on any atom is -0.306 e. The molecule has 2 aliphatic heterocycles. The maximum Gasteiger partial charge on any atom is 0.241 e. The number of thiophene rings is 1. The molecule has 2 fully saturated rings. The summed E-state index contributed by atoms with van der Waals surface area (Å²) >= 11 is 1.88. The number of anilines is 1. The lowest BCUT2D eigenvalue weighted by atomic mass is 9.93. The predicted molar refractivity (Wildman–Crippen MR) is 99.9 cm³/mol. The smallest absolute Gasteiger partial charge is 0.241 e. The fourth-order valence-corrected chi connectivity index (χ4v) is 4.98. The summed E-state index contributed by atoms with van der Waals surface area (Å²) in [6.07, 6.45) is 4.81. The van der Waals surface area contributed by atoms with Crippen LogP contribution in [0, 0.1) is 6.92 Å². The average Bonchev–Trinajstić information content (AvgIpc) is 3.26. The largest absolute Gasteiger partial charge is 0.306 e. The van der Waals surface area contributed by atoms with Gasteiger partial charge in [-0.15, -0.1) is 11.3 Å². The van der Waals surface area contributed by atoms with Crippen molar-refractivity contribution in [1.29, 1.82) is 0 Å². The first-order valence-electron chi connectivity index (χ1n) is 8.73. The van der Waals surface area contributed by atoms with Gasteiger partial charge in [-0.25, -0.2) is 0 Å². The molecule has 0 bridgehead atoms. The molecule has 1 spiro atoms. The van der Waals surface area contributed by atoms with Crippen LogP contribution in [-0.4, -0.2) is 64.3 Å². The van der Waals surface area contributed by atoms with Crippen LogP contribution in [0.2, 0.25) is 0 Å². The van der Waals surface area contributed by atoms with Crippen molar-refractivity contribution in [1.82, 2.24) is 19.6 Å². The van der Waals surface area contributed by atoms with Crippen LogP contribution in [0.5, 0.6) is 0 Å². The lowest BCUT2D eigenvalue weighted by molar-refractivity contribution is -0.123. The monoisotopic (exact) mass is 359 g/mol. The molecule has 134 valence electrons. The van der Waals surface area contributed by atoms with Crippen molar-refractivity contribution in [3.8, 4) is 0 Å². The fraction of sp³-hybridized carbons (Fsp3) is 0.556. The lowest BCUT2D eigenvalue weighted by Crippen LogP contribution is -2.64. The molecule has 25 heavy (non-hydrogen) atoms. The van der Waals surface area contributed by atoms with Crippen molar-refractivity contribution in [2.45, 2.75) is 25.4 Å². The van der Waals surface area contributed by atoms with Crippen LogP contribution in [0.4, 0.5) is 5.69 Å². The van der Waals surface area contributed by atoms with E-state index >= 15 is 0 Å². The third-order valence-corrected chi connectivity index (χ3v) is 6.51. The number of carbonyl (C=O) groups excluding carboxylic acids is 1. The molecule has 0 saturated carbocycles. The second kappa shape index (κ2) is 6.23. The molecule has 1 atom stereocenters. The Bertz CT molecular complexity index is 784. The van der Waals surface area contributed by atoms with E-state index in [0.29, 0.717) is 6.54 Å². The van der Waals surface area contributed by atoms with Gasteiger partial charge in [-0.1, -0.05) is 0 Å². The van der Waals surface area contributed by atoms with Crippen LogP contribution in [0.1, 0.15) is 16.2 Å². The number of hydrogen-bond donors (Lipinski definition) is 0. The number of piperazine rings is 1. The zero-order valence-electron chi connectivity index (χ0n) is 15.1. The molecule has 0 aromatic carbocycles. The first-order chi connectivity index (χ1) is 11.9. The Labute approximate surface area is 152 Å². The molecule has 4 heterocycles. The number of aromatic nitrogens is 2. The van der Waals surface area contributed by atoms with Crippen LogP contribution < -0.4 is 4.90 Å². The van der Waals surface area contributed by atoms with E-state index in [1.54, 1.807) is 10.9 Å². The highest BCUT2D eigenvalue weighted by Gasteiger charge is 2.47. The van der Waals surface area contributed by atoms with E-state index in [1.165, 1.54) is 9.75 Å². The number of aryl methyl sites for hydroxylation is 2. The zero-order valence-corrected chi connectivity index (χ0v) is 15.9. The first-order valence-corrected chi connectivity index (χ1v) is 9.55. The van der Waals surface area contributed by atoms with E-state index in [0.717, 1.165) is 38.3 Å². The third kappa shape index (κ3) is 3.12. The van der Waals surface area contributed by atoms with E-state index < -0.39 is 0 Å². The van der Waals surface area contributed by atoms with Gasteiger partial charge in [0.15, 0.2) is 0 Å². The summed E-state index contributed by atoms with van der Waals surface area (Å²) < 4.78 is 1.76. The van der Waals surface area contributed by atoms with E-state index in [4.69, 9.17) is 0 Å². The minimum absolute atomic E-state index is 0.0378. The molecule has 0 radical (unpaired) electrons. The Morgan fingerprint density at radius 3 is 2.80 bits per heavy atom. The summed E-state index contributed by atoms with van der Waals surface area (Å²) in [5.41, 5.74) is 0.947. The number of hydrogen-bond acceptors (Lipinski definition) is 5. The number of likely N-dealkylation sites (tertiary alicyclic amines) is 1. The number of amides is 1. The molecular formula is C18H25N5OS. The molecule has 4 rings (SSSR count). The molecule has 0 N–H and O–H groups in total. The van der Waals surface area contributed by atoms with Crippen molar-refractivity contribution in [2.75, 3.05) is 38.1 Å². The van der Waals surface area contributed by atoms with Crippen LogP contribution >= 0.6 is 11.3 Å². The number of carbonyl (C=O) groups is 1. The van der Waals surface area contributed by atoms with Gasteiger partial charge in [0.25, 0.3) is 0 Å². The summed E-state index contributed by atoms with van der Waals surface area (Å²) in [7, 11) is 3.98. The minimum atomic E-state index is 0.0378. The maximum atomic E-state index is 12.6. The van der Waals surface area contributed by atoms with Gasteiger partial charge >= 0.3 is 0 Å². The van der Waals surface area contributed by atoms with Crippen LogP contribution in [0.3, 0.4) is 0 Å². The van der Waals surface area contributed by atoms with Crippen LogP contribution in [-0.2, 0) is 18.4 Å². The van der Waals surface area contributed by atoms with Gasteiger partial charge in [0.1, 0.15) is 0 Å². The highest BCUT2D eigenvalue weighted by atomic mass is 32.1. The van der Waals surface area contributed by atoms with E-state index in [2.05, 4.69) is 41.0 Å². The highest BCUT2D eigenvalue weighted by molar-refractivity contribution is 7.11. The Morgan fingerprint density at radius 1 is 1.28 bits per heavy atom.